The van der Waals surface area contributed by atoms with Crippen molar-refractivity contribution in [1.29, 1.82) is 0 Å². The number of carbonyl (C=O) groups excluding carboxylic acids is 2. The number of halogens is 3. The van der Waals surface area contributed by atoms with Gasteiger partial charge in [0.1, 0.15) is 23.0 Å². The fourth-order valence-electron chi connectivity index (χ4n) is 4.53. The number of aromatic nitrogens is 1. The number of nitrogens with zero attached hydrogens (tertiary/aromatic N) is 2. The summed E-state index contributed by atoms with van der Waals surface area (Å²) in [5.41, 5.74) is -2.80. The summed E-state index contributed by atoms with van der Waals surface area (Å²) in [6, 6.07) is 0.962. The SMILES string of the molecule is C[C@@]12CCCCCN1C(=O)c1c(O)c(=O)c(C(=O)NCc3c(F)cc(F)cc3F)cn1C2. The van der Waals surface area contributed by atoms with E-state index in [1.807, 2.05) is 6.92 Å². The summed E-state index contributed by atoms with van der Waals surface area (Å²) in [4.78, 5) is 40.0. The number of pyridine rings is 1. The quantitative estimate of drug-likeness (QED) is 0.754. The number of hydrogen-bond acceptors (Lipinski definition) is 4. The minimum atomic E-state index is -1.18. The zero-order valence-corrected chi connectivity index (χ0v) is 17.4. The number of fused-ring (bicyclic) bond motifs is 2. The second kappa shape index (κ2) is 7.99. The number of aromatic hydroxyl groups is 1. The lowest BCUT2D eigenvalue weighted by Gasteiger charge is -2.45. The van der Waals surface area contributed by atoms with Crippen molar-refractivity contribution < 1.29 is 27.9 Å². The number of amides is 2. The number of hydrogen-bond donors (Lipinski definition) is 2. The van der Waals surface area contributed by atoms with Crippen molar-refractivity contribution in [3.63, 3.8) is 0 Å². The molecular formula is C22H22F3N3O4. The van der Waals surface area contributed by atoms with Crippen LogP contribution < -0.4 is 10.7 Å². The Bertz CT molecular complexity index is 1160. The molecule has 1 saturated heterocycles. The Hall–Kier alpha value is -3.30. The van der Waals surface area contributed by atoms with Gasteiger partial charge in [0.05, 0.1) is 5.54 Å². The molecule has 3 heterocycles. The summed E-state index contributed by atoms with van der Waals surface area (Å²) in [5.74, 6) is -5.76. The Kier molecular flexibility index (Phi) is 5.47. The van der Waals surface area contributed by atoms with Gasteiger partial charge in [0.2, 0.25) is 5.43 Å². The lowest BCUT2D eigenvalue weighted by Crippen LogP contribution is -2.56. The molecule has 32 heavy (non-hydrogen) atoms. The van der Waals surface area contributed by atoms with Crippen LogP contribution in [0, 0.1) is 17.5 Å². The first kappa shape index (κ1) is 21.9. The van der Waals surface area contributed by atoms with Crippen molar-refractivity contribution in [3.8, 4) is 5.75 Å². The highest BCUT2D eigenvalue weighted by Gasteiger charge is 2.43. The predicted molar refractivity (Wildman–Crippen MR) is 108 cm³/mol. The van der Waals surface area contributed by atoms with Crippen molar-refractivity contribution in [2.24, 2.45) is 0 Å². The van der Waals surface area contributed by atoms with Crippen molar-refractivity contribution >= 4 is 11.8 Å². The van der Waals surface area contributed by atoms with Crippen LogP contribution in [0.1, 0.15) is 59.0 Å². The second-order valence-corrected chi connectivity index (χ2v) is 8.49. The van der Waals surface area contributed by atoms with Gasteiger partial charge in [-0.05, 0) is 19.8 Å². The maximum Gasteiger partial charge on any atom is 0.275 e. The molecular weight excluding hydrogens is 427 g/mol. The maximum atomic E-state index is 13.8. The fraction of sp³-hybridized carbons (Fsp3) is 0.409. The topological polar surface area (TPSA) is 91.6 Å². The van der Waals surface area contributed by atoms with E-state index in [-0.39, 0.29) is 12.2 Å². The van der Waals surface area contributed by atoms with E-state index in [1.165, 1.54) is 10.8 Å². The molecule has 2 N–H and O–H groups in total. The van der Waals surface area contributed by atoms with E-state index in [4.69, 9.17) is 0 Å². The van der Waals surface area contributed by atoms with E-state index >= 15 is 0 Å². The van der Waals surface area contributed by atoms with Crippen LogP contribution in [0.4, 0.5) is 13.2 Å². The summed E-state index contributed by atoms with van der Waals surface area (Å²) in [7, 11) is 0. The first-order chi connectivity index (χ1) is 15.1. The normalized spacial score (nSPS) is 20.4. The molecule has 2 amide bonds. The van der Waals surface area contributed by atoms with Gasteiger partial charge in [-0.3, -0.25) is 14.4 Å². The van der Waals surface area contributed by atoms with E-state index in [2.05, 4.69) is 5.32 Å². The van der Waals surface area contributed by atoms with Crippen LogP contribution in [0.3, 0.4) is 0 Å². The largest absolute Gasteiger partial charge is 0.503 e. The van der Waals surface area contributed by atoms with Crippen LogP contribution in [-0.2, 0) is 13.1 Å². The van der Waals surface area contributed by atoms with Crippen molar-refractivity contribution in [3.05, 3.63) is 62.8 Å². The van der Waals surface area contributed by atoms with Crippen LogP contribution >= 0.6 is 0 Å². The first-order valence-corrected chi connectivity index (χ1v) is 10.3. The monoisotopic (exact) mass is 449 g/mol. The maximum absolute atomic E-state index is 13.8. The molecule has 4 rings (SSSR count). The standard InChI is InChI=1S/C22H22F3N3O4/c1-22-5-3-2-4-6-28(22)21(32)17-19(30)18(29)14(10-27(17)11-22)20(31)26-9-13-15(24)7-12(23)8-16(13)25/h7-8,10,30H,2-6,9,11H2,1H3,(H,26,31)/t22-/m0/s1. The smallest absolute Gasteiger partial charge is 0.275 e. The van der Waals surface area contributed by atoms with Crippen LogP contribution in [0.5, 0.6) is 5.75 Å². The van der Waals surface area contributed by atoms with E-state index in [0.29, 0.717) is 18.7 Å². The van der Waals surface area contributed by atoms with Gasteiger partial charge >= 0.3 is 0 Å². The third-order valence-corrected chi connectivity index (χ3v) is 6.24. The molecule has 2 aliphatic heterocycles. The second-order valence-electron chi connectivity index (χ2n) is 8.49. The van der Waals surface area contributed by atoms with Crippen LogP contribution in [0.2, 0.25) is 0 Å². The van der Waals surface area contributed by atoms with Gasteiger partial charge in [-0.15, -0.1) is 0 Å². The summed E-state index contributed by atoms with van der Waals surface area (Å²) in [6.07, 6.45) is 4.63. The predicted octanol–water partition coefficient (Wildman–Crippen LogP) is 2.69. The Balaban J connectivity index is 1.66. The summed E-state index contributed by atoms with van der Waals surface area (Å²) in [6.45, 7) is 2.08. The lowest BCUT2D eigenvalue weighted by molar-refractivity contribution is 0.0359. The van der Waals surface area contributed by atoms with Crippen molar-refractivity contribution in [2.75, 3.05) is 6.54 Å². The van der Waals surface area contributed by atoms with Gasteiger partial charge in [-0.25, -0.2) is 13.2 Å². The van der Waals surface area contributed by atoms with Crippen LogP contribution in [0.25, 0.3) is 0 Å². The first-order valence-electron chi connectivity index (χ1n) is 10.3. The average Bonchev–Trinajstić information content (AvgIpc) is 2.91. The molecule has 2 aromatic rings. The van der Waals surface area contributed by atoms with Gasteiger partial charge in [-0.1, -0.05) is 12.8 Å². The molecule has 2 aliphatic rings. The van der Waals surface area contributed by atoms with Gasteiger partial charge in [0.15, 0.2) is 11.4 Å². The van der Waals surface area contributed by atoms with E-state index in [0.717, 1.165) is 25.7 Å². The molecule has 0 unspecified atom stereocenters. The van der Waals surface area contributed by atoms with Gasteiger partial charge in [0, 0.05) is 43.5 Å². The van der Waals surface area contributed by atoms with E-state index in [9.17, 15) is 32.7 Å². The Morgan fingerprint density at radius 1 is 1.16 bits per heavy atom. The lowest BCUT2D eigenvalue weighted by atomic mass is 9.91. The van der Waals surface area contributed by atoms with Gasteiger partial charge in [-0.2, -0.15) is 0 Å². The molecule has 1 aromatic heterocycles. The molecule has 0 spiro atoms. The van der Waals surface area contributed by atoms with E-state index < -0.39 is 63.7 Å². The molecule has 1 atom stereocenters. The third-order valence-electron chi connectivity index (χ3n) is 6.24. The van der Waals surface area contributed by atoms with Gasteiger partial charge < -0.3 is 19.9 Å². The van der Waals surface area contributed by atoms with Gasteiger partial charge in [0.25, 0.3) is 11.8 Å². The highest BCUT2D eigenvalue weighted by molar-refractivity contribution is 5.99. The summed E-state index contributed by atoms with van der Waals surface area (Å²) in [5, 5.41) is 12.7. The zero-order chi connectivity index (χ0) is 23.2. The summed E-state index contributed by atoms with van der Waals surface area (Å²) >= 11 is 0. The van der Waals surface area contributed by atoms with Crippen molar-refractivity contribution in [2.45, 2.75) is 51.2 Å². The number of benzene rings is 1. The fourth-order valence-corrected chi connectivity index (χ4v) is 4.53. The van der Waals surface area contributed by atoms with E-state index in [1.54, 1.807) is 4.90 Å². The third kappa shape index (κ3) is 3.63. The number of rotatable bonds is 3. The van der Waals surface area contributed by atoms with Crippen molar-refractivity contribution in [1.82, 2.24) is 14.8 Å². The molecule has 0 saturated carbocycles. The highest BCUT2D eigenvalue weighted by Crippen LogP contribution is 2.35. The summed E-state index contributed by atoms with van der Waals surface area (Å²) < 4.78 is 42.1. The van der Waals surface area contributed by atoms with Crippen LogP contribution in [0.15, 0.2) is 23.1 Å². The average molecular weight is 449 g/mol. The molecule has 0 radical (unpaired) electrons. The molecule has 10 heteroatoms. The molecule has 1 aromatic carbocycles. The molecule has 0 aliphatic carbocycles. The minimum Gasteiger partial charge on any atom is -0.503 e. The molecule has 1 fully saturated rings. The number of nitrogens with one attached hydrogen (secondary N) is 1. The number of carbonyl (C=O) groups is 2. The molecule has 0 bridgehead atoms. The molecule has 7 nitrogen and oxygen atoms in total. The minimum absolute atomic E-state index is 0.179. The zero-order valence-electron chi connectivity index (χ0n) is 17.4. The Morgan fingerprint density at radius 2 is 1.84 bits per heavy atom. The molecule has 170 valence electrons. The van der Waals surface area contributed by atoms with Crippen LogP contribution in [-0.4, -0.2) is 38.5 Å². The highest BCUT2D eigenvalue weighted by atomic mass is 19.1. The Morgan fingerprint density at radius 3 is 2.53 bits per heavy atom. The Labute approximate surface area is 181 Å².